The number of benzene rings is 2. The highest BCUT2D eigenvalue weighted by Gasteiger charge is 2.43. The van der Waals surface area contributed by atoms with Crippen molar-refractivity contribution in [3.8, 4) is 11.5 Å². The maximum atomic E-state index is 6.63. The zero-order valence-corrected chi connectivity index (χ0v) is 15.8. The molecule has 2 aliphatic heterocycles. The van der Waals surface area contributed by atoms with Gasteiger partial charge in [-0.15, -0.1) is 0 Å². The summed E-state index contributed by atoms with van der Waals surface area (Å²) in [5, 5.41) is 0. The van der Waals surface area contributed by atoms with Crippen LogP contribution >= 0.6 is 0 Å². The first-order valence-electron chi connectivity index (χ1n) is 9.64. The number of para-hydroxylation sites is 2. The van der Waals surface area contributed by atoms with E-state index in [0.717, 1.165) is 22.6 Å². The molecule has 4 rings (SSSR count). The SMILES string of the molecule is CCOc1ccccc1C(OC(c1ccccc1OCC)C1CO1)C1CO1. The second-order valence-corrected chi connectivity index (χ2v) is 6.66. The highest BCUT2D eigenvalue weighted by Crippen LogP contribution is 2.44. The molecule has 2 aliphatic rings. The zero-order chi connectivity index (χ0) is 18.6. The van der Waals surface area contributed by atoms with Gasteiger partial charge in [0.2, 0.25) is 0 Å². The van der Waals surface area contributed by atoms with E-state index >= 15 is 0 Å². The van der Waals surface area contributed by atoms with Gasteiger partial charge in [-0.25, -0.2) is 0 Å². The van der Waals surface area contributed by atoms with E-state index in [1.807, 2.05) is 50.2 Å². The van der Waals surface area contributed by atoms with Crippen molar-refractivity contribution in [2.75, 3.05) is 26.4 Å². The monoisotopic (exact) mass is 370 g/mol. The van der Waals surface area contributed by atoms with Crippen molar-refractivity contribution in [3.63, 3.8) is 0 Å². The van der Waals surface area contributed by atoms with Crippen LogP contribution < -0.4 is 9.47 Å². The first-order valence-corrected chi connectivity index (χ1v) is 9.64. The number of hydrogen-bond acceptors (Lipinski definition) is 5. The molecule has 2 saturated heterocycles. The molecule has 0 saturated carbocycles. The zero-order valence-electron chi connectivity index (χ0n) is 15.8. The van der Waals surface area contributed by atoms with E-state index in [2.05, 4.69) is 12.1 Å². The van der Waals surface area contributed by atoms with Crippen LogP contribution in [0.4, 0.5) is 0 Å². The fraction of sp³-hybridized carbons (Fsp3) is 0.455. The molecule has 0 N–H and O–H groups in total. The highest BCUT2D eigenvalue weighted by molar-refractivity contribution is 5.39. The van der Waals surface area contributed by atoms with Crippen molar-refractivity contribution < 1.29 is 23.7 Å². The molecular weight excluding hydrogens is 344 g/mol. The minimum Gasteiger partial charge on any atom is -0.493 e. The summed E-state index contributed by atoms with van der Waals surface area (Å²) in [6.45, 7) is 6.57. The first-order chi connectivity index (χ1) is 13.3. The Balaban J connectivity index is 1.64. The van der Waals surface area contributed by atoms with Gasteiger partial charge in [-0.2, -0.15) is 0 Å². The minimum absolute atomic E-state index is 0.0344. The minimum atomic E-state index is -0.211. The van der Waals surface area contributed by atoms with E-state index in [0.29, 0.717) is 26.4 Å². The van der Waals surface area contributed by atoms with Gasteiger partial charge in [0.1, 0.15) is 35.9 Å². The Hall–Kier alpha value is -2.08. The molecule has 144 valence electrons. The molecule has 5 heteroatoms. The summed E-state index contributed by atoms with van der Waals surface area (Å²) in [5.41, 5.74) is 2.03. The van der Waals surface area contributed by atoms with Crippen molar-refractivity contribution in [1.29, 1.82) is 0 Å². The average Bonchev–Trinajstić information content (AvgIpc) is 3.58. The maximum absolute atomic E-state index is 6.63. The summed E-state index contributed by atoms with van der Waals surface area (Å²) < 4.78 is 29.5. The predicted octanol–water partition coefficient (Wildman–Crippen LogP) is 4.08. The van der Waals surface area contributed by atoms with Crippen LogP contribution in [0.5, 0.6) is 11.5 Å². The first kappa shape index (κ1) is 18.3. The molecule has 5 nitrogen and oxygen atoms in total. The molecule has 2 fully saturated rings. The molecule has 0 spiro atoms. The lowest BCUT2D eigenvalue weighted by Gasteiger charge is -2.26. The van der Waals surface area contributed by atoms with Crippen LogP contribution in [0.3, 0.4) is 0 Å². The van der Waals surface area contributed by atoms with Gasteiger partial charge in [-0.3, -0.25) is 0 Å². The molecule has 0 amide bonds. The van der Waals surface area contributed by atoms with Gasteiger partial charge in [0.05, 0.1) is 26.4 Å². The number of epoxide rings is 2. The molecule has 0 radical (unpaired) electrons. The summed E-state index contributed by atoms with van der Waals surface area (Å²) >= 11 is 0. The van der Waals surface area contributed by atoms with Crippen LogP contribution in [0.2, 0.25) is 0 Å². The van der Waals surface area contributed by atoms with Crippen molar-refractivity contribution in [1.82, 2.24) is 0 Å². The Bertz CT molecular complexity index is 690. The van der Waals surface area contributed by atoms with Gasteiger partial charge in [0, 0.05) is 11.1 Å². The maximum Gasteiger partial charge on any atom is 0.125 e. The topological polar surface area (TPSA) is 52.8 Å². The van der Waals surface area contributed by atoms with Crippen LogP contribution in [-0.2, 0) is 14.2 Å². The predicted molar refractivity (Wildman–Crippen MR) is 101 cm³/mol. The van der Waals surface area contributed by atoms with E-state index in [-0.39, 0.29) is 24.4 Å². The summed E-state index contributed by atoms with van der Waals surface area (Å²) in [6.07, 6.45) is -0.354. The molecule has 27 heavy (non-hydrogen) atoms. The summed E-state index contributed by atoms with van der Waals surface area (Å²) in [4.78, 5) is 0. The van der Waals surface area contributed by atoms with Crippen molar-refractivity contribution in [2.24, 2.45) is 0 Å². The van der Waals surface area contributed by atoms with Gasteiger partial charge in [0.15, 0.2) is 0 Å². The summed E-state index contributed by atoms with van der Waals surface area (Å²) in [7, 11) is 0. The number of rotatable bonds is 10. The van der Waals surface area contributed by atoms with Crippen molar-refractivity contribution in [3.05, 3.63) is 59.7 Å². The molecule has 2 heterocycles. The second-order valence-electron chi connectivity index (χ2n) is 6.66. The third-order valence-corrected chi connectivity index (χ3v) is 4.74. The number of ether oxygens (including phenoxy) is 5. The standard InChI is InChI=1S/C22H26O5/c1-3-23-17-11-7-5-9-15(17)21(19-13-25-19)27-22(20-14-26-20)16-10-6-8-12-18(16)24-4-2/h5-12,19-22H,3-4,13-14H2,1-2H3. The lowest BCUT2D eigenvalue weighted by Crippen LogP contribution is -2.20. The largest absolute Gasteiger partial charge is 0.493 e. The van der Waals surface area contributed by atoms with Gasteiger partial charge < -0.3 is 23.7 Å². The Labute approximate surface area is 160 Å². The molecule has 0 bridgehead atoms. The fourth-order valence-corrected chi connectivity index (χ4v) is 3.35. The van der Waals surface area contributed by atoms with E-state index in [1.54, 1.807) is 0 Å². The van der Waals surface area contributed by atoms with E-state index in [9.17, 15) is 0 Å². The normalized spacial score (nSPS) is 22.7. The third-order valence-electron chi connectivity index (χ3n) is 4.74. The molecule has 4 atom stereocenters. The third kappa shape index (κ3) is 4.26. The van der Waals surface area contributed by atoms with Crippen LogP contribution in [0, 0.1) is 0 Å². The molecule has 0 aliphatic carbocycles. The number of hydrogen-bond donors (Lipinski definition) is 0. The van der Waals surface area contributed by atoms with Gasteiger partial charge in [-0.1, -0.05) is 36.4 Å². The lowest BCUT2D eigenvalue weighted by molar-refractivity contribution is -0.0439. The molecule has 2 aromatic carbocycles. The quantitative estimate of drug-likeness (QED) is 0.590. The highest BCUT2D eigenvalue weighted by atomic mass is 16.6. The van der Waals surface area contributed by atoms with Gasteiger partial charge in [0.25, 0.3) is 0 Å². The molecule has 4 unspecified atom stereocenters. The van der Waals surface area contributed by atoms with Crippen LogP contribution in [0.25, 0.3) is 0 Å². The van der Waals surface area contributed by atoms with Gasteiger partial charge >= 0.3 is 0 Å². The van der Waals surface area contributed by atoms with E-state index < -0.39 is 0 Å². The smallest absolute Gasteiger partial charge is 0.125 e. The van der Waals surface area contributed by atoms with Crippen molar-refractivity contribution in [2.45, 2.75) is 38.3 Å². The van der Waals surface area contributed by atoms with Crippen LogP contribution in [0.1, 0.15) is 37.2 Å². The summed E-state index contributed by atoms with van der Waals surface area (Å²) in [6, 6.07) is 16.0. The average molecular weight is 370 g/mol. The summed E-state index contributed by atoms with van der Waals surface area (Å²) in [5.74, 6) is 1.68. The van der Waals surface area contributed by atoms with Gasteiger partial charge in [-0.05, 0) is 26.0 Å². The van der Waals surface area contributed by atoms with E-state index in [1.165, 1.54) is 0 Å². The van der Waals surface area contributed by atoms with Crippen LogP contribution in [0.15, 0.2) is 48.5 Å². The Morgan fingerprint density at radius 1 is 0.778 bits per heavy atom. The molecular formula is C22H26O5. The van der Waals surface area contributed by atoms with E-state index in [4.69, 9.17) is 23.7 Å². The molecule has 2 aromatic rings. The van der Waals surface area contributed by atoms with Crippen LogP contribution in [-0.4, -0.2) is 38.6 Å². The lowest BCUT2D eigenvalue weighted by atomic mass is 10.0. The second kappa shape index (κ2) is 8.30. The Morgan fingerprint density at radius 2 is 1.19 bits per heavy atom. The fourth-order valence-electron chi connectivity index (χ4n) is 3.35. The molecule has 0 aromatic heterocycles. The Kier molecular flexibility index (Phi) is 5.62. The Morgan fingerprint density at radius 3 is 1.56 bits per heavy atom. The van der Waals surface area contributed by atoms with Crippen molar-refractivity contribution >= 4 is 0 Å².